The number of hydrogen-bond acceptors (Lipinski definition) is 10. The van der Waals surface area contributed by atoms with Crippen LogP contribution in [0.2, 0.25) is 0 Å². The third-order valence-electron chi connectivity index (χ3n) is 6.23. The van der Waals surface area contributed by atoms with Crippen molar-refractivity contribution < 1.29 is 23.7 Å². The average Bonchev–Trinajstić information content (AvgIpc) is 3.41. The summed E-state index contributed by atoms with van der Waals surface area (Å²) in [4.78, 5) is 28.3. The van der Waals surface area contributed by atoms with E-state index in [9.17, 15) is 4.79 Å². The Morgan fingerprint density at radius 2 is 1.76 bits per heavy atom. The summed E-state index contributed by atoms with van der Waals surface area (Å²) in [5.74, 6) is 2.39. The van der Waals surface area contributed by atoms with E-state index >= 15 is 0 Å². The van der Waals surface area contributed by atoms with Gasteiger partial charge in [0.25, 0.3) is 5.91 Å². The number of pyridine rings is 3. The van der Waals surface area contributed by atoms with Crippen molar-refractivity contribution in [3.05, 3.63) is 78.6 Å². The van der Waals surface area contributed by atoms with Gasteiger partial charge in [0.2, 0.25) is 0 Å². The van der Waals surface area contributed by atoms with Gasteiger partial charge in [-0.3, -0.25) is 14.8 Å². The van der Waals surface area contributed by atoms with Crippen molar-refractivity contribution in [2.45, 2.75) is 13.5 Å². The molecule has 1 aromatic carbocycles. The Labute approximate surface area is 242 Å². The lowest BCUT2D eigenvalue weighted by molar-refractivity contribution is 0.101. The van der Waals surface area contributed by atoms with Crippen LogP contribution in [0.15, 0.2) is 67.4 Å². The van der Waals surface area contributed by atoms with Crippen LogP contribution in [0.5, 0.6) is 28.7 Å². The lowest BCUT2D eigenvalue weighted by Gasteiger charge is -2.13. The zero-order valence-electron chi connectivity index (χ0n) is 24.0. The minimum Gasteiger partial charge on any atom is -0.493 e. The monoisotopic (exact) mass is 569 g/mol. The van der Waals surface area contributed by atoms with E-state index in [0.29, 0.717) is 53.2 Å². The van der Waals surface area contributed by atoms with Gasteiger partial charge >= 0.3 is 0 Å². The topological polar surface area (TPSA) is 126 Å². The minimum absolute atomic E-state index is 0.131. The van der Waals surface area contributed by atoms with Crippen molar-refractivity contribution in [3.63, 3.8) is 0 Å². The lowest BCUT2D eigenvalue weighted by atomic mass is 10.2. The first-order valence-electron chi connectivity index (χ1n) is 13.2. The number of nitrogens with one attached hydrogen (secondary N) is 1. The summed E-state index contributed by atoms with van der Waals surface area (Å²) in [6.45, 7) is 2.90. The number of hydrogen-bond donors (Lipinski definition) is 1. The van der Waals surface area contributed by atoms with Crippen LogP contribution in [0.4, 0.5) is 5.82 Å². The van der Waals surface area contributed by atoms with Gasteiger partial charge in [-0.05, 0) is 56.9 Å². The van der Waals surface area contributed by atoms with Gasteiger partial charge < -0.3 is 29.2 Å². The summed E-state index contributed by atoms with van der Waals surface area (Å²) < 4.78 is 24.2. The van der Waals surface area contributed by atoms with Gasteiger partial charge in [0, 0.05) is 30.4 Å². The number of amides is 1. The number of benzene rings is 1. The number of carbonyl (C=O) groups is 1. The summed E-state index contributed by atoms with van der Waals surface area (Å²) in [6.07, 6.45) is 8.29. The highest BCUT2D eigenvalue weighted by atomic mass is 16.5. The Kier molecular flexibility index (Phi) is 8.44. The van der Waals surface area contributed by atoms with Gasteiger partial charge in [0.15, 0.2) is 22.9 Å². The fraction of sp³-hybridized carbons (Fsp3) is 0.233. The van der Waals surface area contributed by atoms with Crippen LogP contribution >= 0.6 is 0 Å². The van der Waals surface area contributed by atoms with E-state index in [-0.39, 0.29) is 5.69 Å². The zero-order valence-corrected chi connectivity index (χ0v) is 24.0. The summed E-state index contributed by atoms with van der Waals surface area (Å²) in [6, 6.07) is 10.6. The molecule has 4 heterocycles. The quantitative estimate of drug-likeness (QED) is 0.239. The van der Waals surface area contributed by atoms with Crippen molar-refractivity contribution in [2.75, 3.05) is 40.2 Å². The molecule has 0 aliphatic heterocycles. The van der Waals surface area contributed by atoms with Crippen LogP contribution in [-0.2, 0) is 6.54 Å². The Morgan fingerprint density at radius 3 is 2.48 bits per heavy atom. The number of ether oxygens (including phenoxy) is 4. The standard InChI is InChI=1S/C30H31N7O5/c1-6-41-27-18-37(23-16-31-11-9-19(23)17-36(2)3)35-29(27)30(38)34-28-8-7-20(15-33-28)42-24-10-12-32-22-14-26(40-5)25(39-4)13-21(22)24/h7-16,18H,6,17H2,1-5H3,(H,33,34,38). The molecule has 0 atom stereocenters. The van der Waals surface area contributed by atoms with Crippen molar-refractivity contribution in [1.29, 1.82) is 0 Å². The first kappa shape index (κ1) is 28.3. The minimum atomic E-state index is -0.461. The summed E-state index contributed by atoms with van der Waals surface area (Å²) >= 11 is 0. The molecule has 12 heteroatoms. The molecular formula is C30H31N7O5. The third kappa shape index (κ3) is 6.08. The molecule has 0 aliphatic rings. The molecule has 0 spiro atoms. The second kappa shape index (κ2) is 12.5. The van der Waals surface area contributed by atoms with Gasteiger partial charge in [0.1, 0.15) is 17.3 Å². The summed E-state index contributed by atoms with van der Waals surface area (Å²) in [7, 11) is 7.10. The predicted octanol–water partition coefficient (Wildman–Crippen LogP) is 4.73. The van der Waals surface area contributed by atoms with Crippen molar-refractivity contribution in [3.8, 4) is 34.4 Å². The van der Waals surface area contributed by atoms with Gasteiger partial charge in [0.05, 0.1) is 50.6 Å². The van der Waals surface area contributed by atoms with Gasteiger partial charge in [-0.15, -0.1) is 0 Å². The van der Waals surface area contributed by atoms with Crippen LogP contribution in [0.1, 0.15) is 23.0 Å². The number of carbonyl (C=O) groups excluding carboxylic acids is 1. The Bertz CT molecular complexity index is 1700. The second-order valence-electron chi connectivity index (χ2n) is 9.43. The SMILES string of the molecule is CCOc1cn(-c2cnccc2CN(C)C)nc1C(=O)Nc1ccc(Oc2ccnc3cc(OC)c(OC)cc23)cn1. The molecule has 4 aromatic heterocycles. The Morgan fingerprint density at radius 1 is 0.952 bits per heavy atom. The normalized spacial score (nSPS) is 11.0. The van der Waals surface area contributed by atoms with Crippen LogP contribution in [-0.4, -0.2) is 70.5 Å². The number of nitrogens with zero attached hydrogens (tertiary/aromatic N) is 6. The van der Waals surface area contributed by atoms with E-state index in [0.717, 1.165) is 16.6 Å². The first-order chi connectivity index (χ1) is 20.4. The fourth-order valence-electron chi connectivity index (χ4n) is 4.35. The van der Waals surface area contributed by atoms with E-state index in [2.05, 4.69) is 25.4 Å². The van der Waals surface area contributed by atoms with E-state index < -0.39 is 5.91 Å². The summed E-state index contributed by atoms with van der Waals surface area (Å²) in [5.41, 5.74) is 2.58. The van der Waals surface area contributed by atoms with Crippen LogP contribution in [0, 0.1) is 0 Å². The molecule has 0 saturated carbocycles. The molecule has 5 aromatic rings. The van der Waals surface area contributed by atoms with E-state index in [1.54, 1.807) is 68.0 Å². The molecule has 0 unspecified atom stereocenters. The highest BCUT2D eigenvalue weighted by molar-refractivity contribution is 6.04. The maximum Gasteiger partial charge on any atom is 0.281 e. The Hall–Kier alpha value is -5.23. The number of rotatable bonds is 11. The number of aromatic nitrogens is 5. The number of anilines is 1. The molecule has 0 saturated heterocycles. The second-order valence-corrected chi connectivity index (χ2v) is 9.43. The highest BCUT2D eigenvalue weighted by Crippen LogP contribution is 2.36. The van der Waals surface area contributed by atoms with Gasteiger partial charge in [-0.2, -0.15) is 5.10 Å². The molecule has 0 fully saturated rings. The van der Waals surface area contributed by atoms with Crippen molar-refractivity contribution >= 4 is 22.6 Å². The van der Waals surface area contributed by atoms with Crippen molar-refractivity contribution in [2.24, 2.45) is 0 Å². The Balaban J connectivity index is 1.35. The van der Waals surface area contributed by atoms with Gasteiger partial charge in [-0.1, -0.05) is 0 Å². The smallest absolute Gasteiger partial charge is 0.281 e. The molecular weight excluding hydrogens is 538 g/mol. The maximum absolute atomic E-state index is 13.3. The van der Waals surface area contributed by atoms with Crippen LogP contribution in [0.25, 0.3) is 16.6 Å². The largest absolute Gasteiger partial charge is 0.493 e. The van der Waals surface area contributed by atoms with Crippen LogP contribution < -0.4 is 24.3 Å². The highest BCUT2D eigenvalue weighted by Gasteiger charge is 2.21. The molecule has 5 rings (SSSR count). The number of fused-ring (bicyclic) bond motifs is 1. The molecule has 0 aliphatic carbocycles. The third-order valence-corrected chi connectivity index (χ3v) is 6.23. The number of methoxy groups -OCH3 is 2. The first-order valence-corrected chi connectivity index (χ1v) is 13.2. The molecule has 1 amide bonds. The summed E-state index contributed by atoms with van der Waals surface area (Å²) in [5, 5.41) is 8.07. The molecule has 0 bridgehead atoms. The zero-order chi connectivity index (χ0) is 29.6. The molecule has 216 valence electrons. The van der Waals surface area contributed by atoms with Gasteiger partial charge in [-0.25, -0.2) is 9.67 Å². The van der Waals surface area contributed by atoms with E-state index in [1.807, 2.05) is 38.1 Å². The van der Waals surface area contributed by atoms with E-state index in [1.165, 1.54) is 6.20 Å². The van der Waals surface area contributed by atoms with E-state index in [4.69, 9.17) is 18.9 Å². The average molecular weight is 570 g/mol. The lowest BCUT2D eigenvalue weighted by Crippen LogP contribution is -2.16. The fourth-order valence-corrected chi connectivity index (χ4v) is 4.35. The van der Waals surface area contributed by atoms with Crippen molar-refractivity contribution in [1.82, 2.24) is 29.6 Å². The molecule has 42 heavy (non-hydrogen) atoms. The maximum atomic E-state index is 13.3. The van der Waals surface area contributed by atoms with Crippen LogP contribution in [0.3, 0.4) is 0 Å². The molecule has 12 nitrogen and oxygen atoms in total. The molecule has 0 radical (unpaired) electrons. The predicted molar refractivity (Wildman–Crippen MR) is 157 cm³/mol. The molecule has 1 N–H and O–H groups in total.